The Morgan fingerprint density at radius 2 is 1.97 bits per heavy atom. The standard InChI is InChI=1S/C22H20F3NO2S/c1-3-28-19(27)9-17-14-7-5-13(22(23,24)25)8-16(14)15-6-4-12(11-29-2)21-20(15)18(17)10-26-21/h4-8,10,17,26H,3,9,11H2,1-2H3. The fourth-order valence-electron chi connectivity index (χ4n) is 4.15. The third kappa shape index (κ3) is 3.41. The number of rotatable bonds is 5. The maximum Gasteiger partial charge on any atom is 0.416 e. The van der Waals surface area contributed by atoms with Crippen LogP contribution in [0.4, 0.5) is 13.2 Å². The minimum Gasteiger partial charge on any atom is -0.466 e. The van der Waals surface area contributed by atoms with Crippen LogP contribution in [0.5, 0.6) is 0 Å². The van der Waals surface area contributed by atoms with Crippen LogP contribution in [0.15, 0.2) is 36.5 Å². The summed E-state index contributed by atoms with van der Waals surface area (Å²) in [5, 5.41) is 0.901. The predicted octanol–water partition coefficient (Wildman–Crippen LogP) is 6.12. The molecule has 1 aliphatic carbocycles. The summed E-state index contributed by atoms with van der Waals surface area (Å²) in [4.78, 5) is 15.6. The van der Waals surface area contributed by atoms with Gasteiger partial charge >= 0.3 is 12.1 Å². The second-order valence-corrected chi connectivity index (χ2v) is 7.93. The number of halogens is 3. The summed E-state index contributed by atoms with van der Waals surface area (Å²) < 4.78 is 45.2. The van der Waals surface area contributed by atoms with Gasteiger partial charge in [0.2, 0.25) is 0 Å². The Balaban J connectivity index is 1.95. The second kappa shape index (κ2) is 7.44. The molecular weight excluding hydrogens is 399 g/mol. The molecule has 1 aliphatic rings. The zero-order valence-corrected chi connectivity index (χ0v) is 16.8. The third-order valence-electron chi connectivity index (χ3n) is 5.35. The van der Waals surface area contributed by atoms with Crippen LogP contribution in [0.3, 0.4) is 0 Å². The molecule has 1 atom stereocenters. The Morgan fingerprint density at radius 3 is 2.66 bits per heavy atom. The van der Waals surface area contributed by atoms with Crippen LogP contribution in [0.25, 0.3) is 22.0 Å². The zero-order valence-electron chi connectivity index (χ0n) is 16.0. The third-order valence-corrected chi connectivity index (χ3v) is 5.95. The smallest absolute Gasteiger partial charge is 0.416 e. The molecule has 0 fully saturated rings. The molecule has 0 amide bonds. The van der Waals surface area contributed by atoms with E-state index >= 15 is 0 Å². The SMILES string of the molecule is CCOC(=O)CC1c2ccc(C(F)(F)F)cc2-c2ccc(CSC)c3[nH]cc1c23. The maximum atomic E-state index is 13.4. The second-order valence-electron chi connectivity index (χ2n) is 7.06. The summed E-state index contributed by atoms with van der Waals surface area (Å²) in [5.41, 5.74) is 4.27. The predicted molar refractivity (Wildman–Crippen MR) is 109 cm³/mol. The van der Waals surface area contributed by atoms with Gasteiger partial charge < -0.3 is 9.72 Å². The monoisotopic (exact) mass is 419 g/mol. The zero-order chi connectivity index (χ0) is 20.8. The number of carbonyl (C=O) groups excluding carboxylic acids is 1. The lowest BCUT2D eigenvalue weighted by molar-refractivity contribution is -0.143. The van der Waals surface area contributed by atoms with Crippen molar-refractivity contribution in [1.29, 1.82) is 0 Å². The number of fused-ring (bicyclic) bond motifs is 2. The average molecular weight is 419 g/mol. The lowest BCUT2D eigenvalue weighted by Gasteiger charge is -2.27. The molecule has 4 rings (SSSR count). The van der Waals surface area contributed by atoms with Crippen molar-refractivity contribution in [3.63, 3.8) is 0 Å². The number of nitrogens with one attached hydrogen (secondary N) is 1. The van der Waals surface area contributed by atoms with E-state index in [4.69, 9.17) is 4.74 Å². The number of aromatic nitrogens is 1. The lowest BCUT2D eigenvalue weighted by atomic mass is 9.77. The van der Waals surface area contributed by atoms with E-state index in [1.165, 1.54) is 12.1 Å². The van der Waals surface area contributed by atoms with E-state index in [1.807, 2.05) is 24.6 Å². The normalized spacial score (nSPS) is 15.4. The molecule has 0 spiro atoms. The number of H-pyrrole nitrogens is 1. The molecule has 3 nitrogen and oxygen atoms in total. The molecule has 1 N–H and O–H groups in total. The molecule has 0 aliphatic heterocycles. The van der Waals surface area contributed by atoms with Gasteiger partial charge in [0, 0.05) is 23.3 Å². The van der Waals surface area contributed by atoms with Crippen molar-refractivity contribution >= 4 is 28.6 Å². The molecule has 0 saturated carbocycles. The number of esters is 1. The van der Waals surface area contributed by atoms with Gasteiger partial charge in [0.05, 0.1) is 24.1 Å². The maximum absolute atomic E-state index is 13.4. The summed E-state index contributed by atoms with van der Waals surface area (Å²) in [6.45, 7) is 2.00. The molecule has 1 aromatic heterocycles. The van der Waals surface area contributed by atoms with E-state index in [9.17, 15) is 18.0 Å². The Hall–Kier alpha value is -2.41. The molecule has 7 heteroatoms. The van der Waals surface area contributed by atoms with Gasteiger partial charge in [-0.15, -0.1) is 0 Å². The molecule has 0 bridgehead atoms. The highest BCUT2D eigenvalue weighted by Crippen LogP contribution is 2.49. The minimum atomic E-state index is -4.43. The van der Waals surface area contributed by atoms with Crippen molar-refractivity contribution in [2.75, 3.05) is 12.9 Å². The summed E-state index contributed by atoms with van der Waals surface area (Å²) in [5.74, 6) is 0.0767. The van der Waals surface area contributed by atoms with Crippen molar-refractivity contribution in [2.24, 2.45) is 0 Å². The molecule has 1 heterocycles. The summed E-state index contributed by atoms with van der Waals surface area (Å²) >= 11 is 1.68. The van der Waals surface area contributed by atoms with E-state index in [2.05, 4.69) is 4.98 Å². The van der Waals surface area contributed by atoms with Gasteiger partial charge in [0.15, 0.2) is 0 Å². The Bertz CT molecular complexity index is 1090. The van der Waals surface area contributed by atoms with Crippen molar-refractivity contribution < 1.29 is 22.7 Å². The number of carbonyl (C=O) groups is 1. The lowest BCUT2D eigenvalue weighted by Crippen LogP contribution is -2.15. The highest BCUT2D eigenvalue weighted by atomic mass is 32.2. The van der Waals surface area contributed by atoms with Gasteiger partial charge in [-0.1, -0.05) is 18.2 Å². The number of benzene rings is 2. The first-order valence-corrected chi connectivity index (χ1v) is 10.7. The van der Waals surface area contributed by atoms with Crippen LogP contribution < -0.4 is 0 Å². The van der Waals surface area contributed by atoms with E-state index in [0.717, 1.165) is 45.0 Å². The molecule has 29 heavy (non-hydrogen) atoms. The van der Waals surface area contributed by atoms with Gasteiger partial charge in [-0.05, 0) is 53.1 Å². The number of aromatic amines is 1. The molecule has 0 saturated heterocycles. The highest BCUT2D eigenvalue weighted by molar-refractivity contribution is 7.97. The molecular formula is C22H20F3NO2S. The summed E-state index contributed by atoms with van der Waals surface area (Å²) in [6.07, 6.45) is -0.459. The molecule has 1 unspecified atom stereocenters. The average Bonchev–Trinajstić information content (AvgIpc) is 3.11. The molecule has 3 aromatic rings. The first-order chi connectivity index (χ1) is 13.8. The molecule has 0 radical (unpaired) electrons. The summed E-state index contributed by atoms with van der Waals surface area (Å²) in [6, 6.07) is 7.65. The topological polar surface area (TPSA) is 42.1 Å². The van der Waals surface area contributed by atoms with E-state index < -0.39 is 11.7 Å². The molecule has 2 aromatic carbocycles. The fraction of sp³-hybridized carbons (Fsp3) is 0.318. The van der Waals surface area contributed by atoms with Gasteiger partial charge in [-0.3, -0.25) is 4.79 Å². The highest BCUT2D eigenvalue weighted by Gasteiger charge is 2.35. The number of hydrogen-bond acceptors (Lipinski definition) is 3. The van der Waals surface area contributed by atoms with Gasteiger partial charge in [-0.25, -0.2) is 0 Å². The van der Waals surface area contributed by atoms with Gasteiger partial charge in [0.1, 0.15) is 0 Å². The largest absolute Gasteiger partial charge is 0.466 e. The van der Waals surface area contributed by atoms with Crippen molar-refractivity contribution in [3.05, 3.63) is 58.8 Å². The summed E-state index contributed by atoms with van der Waals surface area (Å²) in [7, 11) is 0. The Kier molecular flexibility index (Phi) is 5.11. The van der Waals surface area contributed by atoms with Crippen molar-refractivity contribution in [2.45, 2.75) is 31.2 Å². The van der Waals surface area contributed by atoms with Gasteiger partial charge in [-0.2, -0.15) is 24.9 Å². The van der Waals surface area contributed by atoms with E-state index in [-0.39, 0.29) is 24.9 Å². The number of alkyl halides is 3. The minimum absolute atomic E-state index is 0.0886. The van der Waals surface area contributed by atoms with Crippen LogP contribution in [0, 0.1) is 0 Å². The van der Waals surface area contributed by atoms with Crippen LogP contribution in [-0.4, -0.2) is 23.8 Å². The van der Waals surface area contributed by atoms with Crippen LogP contribution in [0.1, 0.15) is 41.5 Å². The number of ether oxygens (including phenoxy) is 1. The van der Waals surface area contributed by atoms with Crippen LogP contribution >= 0.6 is 11.8 Å². The first kappa shape index (κ1) is 19.9. The Labute approximate surface area is 170 Å². The van der Waals surface area contributed by atoms with E-state index in [0.29, 0.717) is 5.56 Å². The number of hydrogen-bond donors (Lipinski definition) is 1. The number of thioether (sulfide) groups is 1. The van der Waals surface area contributed by atoms with Crippen LogP contribution in [0.2, 0.25) is 0 Å². The first-order valence-electron chi connectivity index (χ1n) is 9.34. The van der Waals surface area contributed by atoms with Crippen molar-refractivity contribution in [3.8, 4) is 11.1 Å². The quantitative estimate of drug-likeness (QED) is 0.507. The fourth-order valence-corrected chi connectivity index (χ4v) is 4.70. The van der Waals surface area contributed by atoms with E-state index in [1.54, 1.807) is 18.7 Å². The van der Waals surface area contributed by atoms with Crippen LogP contribution in [-0.2, 0) is 21.5 Å². The Morgan fingerprint density at radius 1 is 1.17 bits per heavy atom. The van der Waals surface area contributed by atoms with Crippen molar-refractivity contribution in [1.82, 2.24) is 4.98 Å². The molecule has 152 valence electrons. The van der Waals surface area contributed by atoms with Gasteiger partial charge in [0.25, 0.3) is 0 Å².